The second-order valence-corrected chi connectivity index (χ2v) is 9.93. The van der Waals surface area contributed by atoms with Crippen LogP contribution in [-0.4, -0.2) is 17.4 Å². The minimum absolute atomic E-state index is 0.0237. The van der Waals surface area contributed by atoms with E-state index < -0.39 is 0 Å². The van der Waals surface area contributed by atoms with Crippen LogP contribution in [0.5, 0.6) is 0 Å². The van der Waals surface area contributed by atoms with E-state index in [9.17, 15) is 9.59 Å². The van der Waals surface area contributed by atoms with Crippen molar-refractivity contribution in [3.8, 4) is 0 Å². The molecule has 3 saturated carbocycles. The summed E-state index contributed by atoms with van der Waals surface area (Å²) in [6, 6.07) is 0. The first-order chi connectivity index (χ1) is 11.9. The molecule has 0 radical (unpaired) electrons. The van der Waals surface area contributed by atoms with Crippen molar-refractivity contribution in [1.29, 1.82) is 0 Å². The predicted molar refractivity (Wildman–Crippen MR) is 94.8 cm³/mol. The molecule has 25 heavy (non-hydrogen) atoms. The minimum atomic E-state index is -0.167. The van der Waals surface area contributed by atoms with Gasteiger partial charge >= 0.3 is 5.97 Å². The van der Waals surface area contributed by atoms with Crippen LogP contribution in [0.3, 0.4) is 0 Å². The molecule has 1 aliphatic heterocycles. The number of esters is 1. The summed E-state index contributed by atoms with van der Waals surface area (Å²) in [5.74, 6) is 2.51. The molecule has 1 heterocycles. The van der Waals surface area contributed by atoms with E-state index in [2.05, 4.69) is 13.8 Å². The number of carbonyl (C=O) groups is 2. The van der Waals surface area contributed by atoms with Gasteiger partial charge in [-0.3, -0.25) is 9.59 Å². The van der Waals surface area contributed by atoms with Crippen molar-refractivity contribution in [1.82, 2.24) is 0 Å². The Bertz CT molecular complexity index is 679. The molecule has 0 unspecified atom stereocenters. The molecule has 0 aromatic carbocycles. The highest BCUT2D eigenvalue weighted by molar-refractivity contribution is 5.91. The molecule has 0 amide bonds. The predicted octanol–water partition coefficient (Wildman–Crippen LogP) is 4.59. The van der Waals surface area contributed by atoms with Crippen LogP contribution in [0.2, 0.25) is 0 Å². The highest BCUT2D eigenvalue weighted by atomic mass is 16.6. The van der Waals surface area contributed by atoms with E-state index in [1.165, 1.54) is 31.3 Å². The average molecular weight is 342 g/mol. The molecule has 5 aliphatic rings. The van der Waals surface area contributed by atoms with Crippen LogP contribution < -0.4 is 0 Å². The van der Waals surface area contributed by atoms with E-state index in [-0.39, 0.29) is 22.4 Å². The van der Waals surface area contributed by atoms with Crippen molar-refractivity contribution in [2.45, 2.75) is 83.7 Å². The zero-order valence-corrected chi connectivity index (χ0v) is 15.6. The first kappa shape index (κ1) is 16.1. The van der Waals surface area contributed by atoms with E-state index in [0.29, 0.717) is 24.0 Å². The fraction of sp³-hybridized carbons (Fsp3) is 0.818. The van der Waals surface area contributed by atoms with Gasteiger partial charge in [0.2, 0.25) is 0 Å². The number of ether oxygens (including phenoxy) is 1. The first-order valence-corrected chi connectivity index (χ1v) is 10.3. The topological polar surface area (TPSA) is 43.4 Å². The normalized spacial score (nSPS) is 51.6. The summed E-state index contributed by atoms with van der Waals surface area (Å²) in [6.45, 7) is 4.86. The lowest BCUT2D eigenvalue weighted by Gasteiger charge is -2.59. The maximum absolute atomic E-state index is 11.9. The van der Waals surface area contributed by atoms with Gasteiger partial charge < -0.3 is 4.74 Å². The van der Waals surface area contributed by atoms with Crippen LogP contribution in [-0.2, 0) is 14.3 Å². The van der Waals surface area contributed by atoms with Gasteiger partial charge in [-0.25, -0.2) is 0 Å². The summed E-state index contributed by atoms with van der Waals surface area (Å²) in [4.78, 5) is 23.8. The second kappa shape index (κ2) is 4.98. The summed E-state index contributed by atoms with van der Waals surface area (Å²) in [5.41, 5.74) is 1.68. The summed E-state index contributed by atoms with van der Waals surface area (Å²) < 4.78 is 6.01. The maximum atomic E-state index is 11.9. The number of rotatable bonds is 0. The largest absolute Gasteiger partial charge is 0.458 e. The Morgan fingerprint density at radius 3 is 2.48 bits per heavy atom. The Morgan fingerprint density at radius 1 is 0.920 bits per heavy atom. The Kier molecular flexibility index (Phi) is 3.21. The van der Waals surface area contributed by atoms with Gasteiger partial charge in [0.15, 0.2) is 5.78 Å². The third-order valence-electron chi connectivity index (χ3n) is 9.29. The highest BCUT2D eigenvalue weighted by Gasteiger charge is 2.66. The Labute approximate surface area is 150 Å². The number of hydrogen-bond donors (Lipinski definition) is 0. The zero-order valence-electron chi connectivity index (χ0n) is 15.6. The molecule has 136 valence electrons. The molecule has 1 spiro atoms. The van der Waals surface area contributed by atoms with Crippen LogP contribution >= 0.6 is 0 Å². The van der Waals surface area contributed by atoms with Crippen LogP contribution in [0.4, 0.5) is 0 Å². The number of allylic oxidation sites excluding steroid dienone is 1. The van der Waals surface area contributed by atoms with Gasteiger partial charge in [0.25, 0.3) is 0 Å². The maximum Gasteiger partial charge on any atom is 0.306 e. The Balaban J connectivity index is 1.49. The molecule has 0 aromatic rings. The molecular weight excluding hydrogens is 312 g/mol. The lowest BCUT2D eigenvalue weighted by molar-refractivity contribution is -0.168. The molecule has 4 aliphatic carbocycles. The third-order valence-corrected chi connectivity index (χ3v) is 9.29. The van der Waals surface area contributed by atoms with Crippen molar-refractivity contribution in [2.75, 3.05) is 0 Å². The lowest BCUT2D eigenvalue weighted by Crippen LogP contribution is -2.54. The molecule has 3 heteroatoms. The third kappa shape index (κ3) is 1.93. The van der Waals surface area contributed by atoms with Crippen LogP contribution in [0.15, 0.2) is 11.6 Å². The van der Waals surface area contributed by atoms with E-state index in [4.69, 9.17) is 4.74 Å². The van der Waals surface area contributed by atoms with Crippen molar-refractivity contribution in [2.24, 2.45) is 28.6 Å². The number of ketones is 1. The number of fused-ring (bicyclic) bond motifs is 6. The Morgan fingerprint density at radius 2 is 1.72 bits per heavy atom. The van der Waals surface area contributed by atoms with Gasteiger partial charge in [-0.1, -0.05) is 19.4 Å². The molecule has 6 atom stereocenters. The first-order valence-electron chi connectivity index (χ1n) is 10.3. The van der Waals surface area contributed by atoms with E-state index >= 15 is 0 Å². The highest BCUT2D eigenvalue weighted by Crippen LogP contribution is 2.69. The molecule has 4 fully saturated rings. The minimum Gasteiger partial charge on any atom is -0.458 e. The van der Waals surface area contributed by atoms with E-state index in [1.54, 1.807) is 0 Å². The summed E-state index contributed by atoms with van der Waals surface area (Å²) in [6.07, 6.45) is 12.3. The van der Waals surface area contributed by atoms with Gasteiger partial charge in [-0.05, 0) is 80.6 Å². The van der Waals surface area contributed by atoms with Crippen molar-refractivity contribution >= 4 is 11.8 Å². The van der Waals surface area contributed by atoms with Crippen LogP contribution in [0.1, 0.15) is 78.1 Å². The molecule has 0 aromatic heterocycles. The standard InChI is InChI=1S/C22H30O3/c1-20-9-5-15(23)13-14(20)3-4-16-17(20)6-10-21(2)18(16)7-11-22(21)12-8-19(24)25-22/h13,16-18H,3-12H2,1-2H3/t16-,17-,18+,20+,21-,22+/m0/s1. The van der Waals surface area contributed by atoms with Crippen molar-refractivity contribution < 1.29 is 14.3 Å². The lowest BCUT2D eigenvalue weighted by atomic mass is 9.46. The van der Waals surface area contributed by atoms with Gasteiger partial charge in [0.1, 0.15) is 5.60 Å². The zero-order chi connectivity index (χ0) is 17.4. The monoisotopic (exact) mass is 342 g/mol. The van der Waals surface area contributed by atoms with Crippen molar-refractivity contribution in [3.05, 3.63) is 11.6 Å². The van der Waals surface area contributed by atoms with Crippen LogP contribution in [0.25, 0.3) is 0 Å². The van der Waals surface area contributed by atoms with Gasteiger partial charge in [0.05, 0.1) is 0 Å². The number of carbonyl (C=O) groups excluding carboxylic acids is 2. The smallest absolute Gasteiger partial charge is 0.306 e. The molecule has 0 bridgehead atoms. The van der Waals surface area contributed by atoms with Gasteiger partial charge in [-0.2, -0.15) is 0 Å². The SMILES string of the molecule is C[C@]12CC[C@H]3[C@H](CCC4=CC(=O)CC[C@]43C)[C@H]1CC[C@@]21CCC(=O)O1. The van der Waals surface area contributed by atoms with E-state index in [1.807, 2.05) is 6.08 Å². The van der Waals surface area contributed by atoms with Crippen molar-refractivity contribution in [3.63, 3.8) is 0 Å². The molecule has 1 saturated heterocycles. The number of hydrogen-bond acceptors (Lipinski definition) is 3. The Hall–Kier alpha value is -1.12. The molecular formula is C22H30O3. The average Bonchev–Trinajstić information content (AvgIpc) is 3.10. The summed E-state index contributed by atoms with van der Waals surface area (Å²) in [7, 11) is 0. The summed E-state index contributed by atoms with van der Waals surface area (Å²) in [5, 5.41) is 0. The quantitative estimate of drug-likeness (QED) is 0.605. The molecule has 5 rings (SSSR count). The fourth-order valence-electron chi connectivity index (χ4n) is 7.85. The molecule has 0 N–H and O–H groups in total. The van der Waals surface area contributed by atoms with Gasteiger partial charge in [-0.15, -0.1) is 0 Å². The van der Waals surface area contributed by atoms with E-state index in [0.717, 1.165) is 38.0 Å². The fourth-order valence-corrected chi connectivity index (χ4v) is 7.85. The van der Waals surface area contributed by atoms with Gasteiger partial charge in [0, 0.05) is 18.3 Å². The summed E-state index contributed by atoms with van der Waals surface area (Å²) >= 11 is 0. The molecule has 3 nitrogen and oxygen atoms in total. The van der Waals surface area contributed by atoms with Crippen LogP contribution in [0, 0.1) is 28.6 Å². The second-order valence-electron chi connectivity index (χ2n) is 9.93.